The zero-order valence-corrected chi connectivity index (χ0v) is 21.7. The maximum absolute atomic E-state index is 13.6. The number of carbonyl (C=O) groups excluding carboxylic acids is 1. The van der Waals surface area contributed by atoms with E-state index in [9.17, 15) is 14.7 Å². The Kier molecular flexibility index (Phi) is 5.61. The van der Waals surface area contributed by atoms with Crippen molar-refractivity contribution in [1.29, 1.82) is 0 Å². The molecule has 0 saturated carbocycles. The number of aromatic hydroxyl groups is 1. The molecule has 2 fully saturated rings. The highest BCUT2D eigenvalue weighted by Crippen LogP contribution is 2.54. The van der Waals surface area contributed by atoms with Gasteiger partial charge in [-0.2, -0.15) is 0 Å². The Balaban J connectivity index is 1.31. The van der Waals surface area contributed by atoms with Crippen LogP contribution in [-0.2, 0) is 20.7 Å². The van der Waals surface area contributed by atoms with Crippen molar-refractivity contribution in [1.82, 2.24) is 0 Å². The molecule has 0 unspecified atom stereocenters. The maximum Gasteiger partial charge on any atom is 0.341 e. The number of rotatable bonds is 3. The van der Waals surface area contributed by atoms with Crippen molar-refractivity contribution in [3.8, 4) is 11.5 Å². The van der Waals surface area contributed by atoms with Gasteiger partial charge in [-0.05, 0) is 51.2 Å². The highest BCUT2D eigenvalue weighted by Gasteiger charge is 2.65. The van der Waals surface area contributed by atoms with Gasteiger partial charge in [0.1, 0.15) is 46.0 Å². The largest absolute Gasteiger partial charge is 0.507 e. The van der Waals surface area contributed by atoms with Crippen molar-refractivity contribution in [2.45, 2.75) is 81.9 Å². The van der Waals surface area contributed by atoms with Crippen LogP contribution in [0.15, 0.2) is 45.6 Å². The third kappa shape index (κ3) is 3.88. The Morgan fingerprint density at radius 2 is 1.95 bits per heavy atom. The number of benzene rings is 2. The molecule has 9 nitrogen and oxygen atoms in total. The van der Waals surface area contributed by atoms with Gasteiger partial charge in [0.15, 0.2) is 11.0 Å². The lowest BCUT2D eigenvalue weighted by Crippen LogP contribution is -2.53. The molecule has 200 valence electrons. The van der Waals surface area contributed by atoms with Crippen LogP contribution in [0.3, 0.4) is 0 Å². The molecule has 6 rings (SSSR count). The highest BCUT2D eigenvalue weighted by molar-refractivity contribution is 5.88. The van der Waals surface area contributed by atoms with Gasteiger partial charge < -0.3 is 35.2 Å². The molecule has 3 aliphatic heterocycles. The number of epoxide rings is 1. The van der Waals surface area contributed by atoms with Crippen LogP contribution in [0.4, 0.5) is 0 Å². The Hall–Kier alpha value is -3.40. The molecular formula is C29H32N2O7. The molecule has 1 aromatic heterocycles. The van der Waals surface area contributed by atoms with Gasteiger partial charge in [-0.1, -0.05) is 24.3 Å². The summed E-state index contributed by atoms with van der Waals surface area (Å²) in [5.74, 6) is -0.0995. The smallest absolute Gasteiger partial charge is 0.341 e. The number of esters is 1. The first-order chi connectivity index (χ1) is 18.0. The van der Waals surface area contributed by atoms with Crippen LogP contribution in [0.1, 0.15) is 67.6 Å². The minimum atomic E-state index is -1.02. The molecule has 5 N–H and O–H groups in total. The molecule has 2 saturated heterocycles. The van der Waals surface area contributed by atoms with Crippen LogP contribution in [0.2, 0.25) is 0 Å². The summed E-state index contributed by atoms with van der Waals surface area (Å²) in [5.41, 5.74) is 11.9. The Morgan fingerprint density at radius 3 is 2.71 bits per heavy atom. The van der Waals surface area contributed by atoms with E-state index in [-0.39, 0.29) is 34.2 Å². The Labute approximate surface area is 219 Å². The number of carbonyl (C=O) groups is 1. The minimum absolute atomic E-state index is 0.103. The van der Waals surface area contributed by atoms with Gasteiger partial charge in [-0.15, -0.1) is 0 Å². The molecule has 1 spiro atoms. The summed E-state index contributed by atoms with van der Waals surface area (Å²) in [6, 6.07) is 10.7. The third-order valence-corrected chi connectivity index (χ3v) is 8.13. The summed E-state index contributed by atoms with van der Waals surface area (Å²) in [5, 5.41) is 11.4. The second-order valence-electron chi connectivity index (χ2n) is 11.2. The van der Waals surface area contributed by atoms with E-state index in [4.69, 9.17) is 30.1 Å². The van der Waals surface area contributed by atoms with Gasteiger partial charge in [0.05, 0.1) is 6.17 Å². The number of phenolic OH excluding ortho intramolecular Hbond substituents is 1. The second kappa shape index (κ2) is 8.56. The average Bonchev–Trinajstić information content (AvgIpc) is 3.52. The normalized spacial score (nSPS) is 27.7. The highest BCUT2D eigenvalue weighted by atomic mass is 16.7. The van der Waals surface area contributed by atoms with E-state index in [1.54, 1.807) is 13.0 Å². The van der Waals surface area contributed by atoms with Crippen LogP contribution in [0, 0.1) is 6.92 Å². The second-order valence-corrected chi connectivity index (χ2v) is 11.2. The molecule has 0 radical (unpaired) electrons. The molecule has 0 bridgehead atoms. The fourth-order valence-electron chi connectivity index (χ4n) is 6.22. The first-order valence-corrected chi connectivity index (χ1v) is 13.0. The Morgan fingerprint density at radius 1 is 1.16 bits per heavy atom. The zero-order valence-electron chi connectivity index (χ0n) is 21.7. The lowest BCUT2D eigenvalue weighted by atomic mass is 9.76. The molecule has 38 heavy (non-hydrogen) atoms. The topological polar surface area (TPSA) is 151 Å². The number of hydrogen-bond donors (Lipinski definition) is 3. The van der Waals surface area contributed by atoms with E-state index in [0.717, 1.165) is 11.1 Å². The van der Waals surface area contributed by atoms with Crippen LogP contribution < -0.4 is 21.6 Å². The van der Waals surface area contributed by atoms with Gasteiger partial charge >= 0.3 is 5.97 Å². The first-order valence-electron chi connectivity index (χ1n) is 13.0. The molecular weight excluding hydrogens is 488 g/mol. The van der Waals surface area contributed by atoms with E-state index in [2.05, 4.69) is 0 Å². The molecule has 9 heteroatoms. The lowest BCUT2D eigenvalue weighted by Gasteiger charge is -2.45. The van der Waals surface area contributed by atoms with E-state index in [1.807, 2.05) is 38.1 Å². The third-order valence-electron chi connectivity index (χ3n) is 8.13. The molecule has 0 amide bonds. The van der Waals surface area contributed by atoms with E-state index < -0.39 is 29.4 Å². The maximum atomic E-state index is 13.6. The van der Waals surface area contributed by atoms with Crippen molar-refractivity contribution in [3.63, 3.8) is 0 Å². The summed E-state index contributed by atoms with van der Waals surface area (Å²) < 4.78 is 24.2. The van der Waals surface area contributed by atoms with E-state index >= 15 is 0 Å². The number of nitrogens with two attached hydrogens (primary N) is 2. The van der Waals surface area contributed by atoms with Crippen molar-refractivity contribution < 1.29 is 28.5 Å². The summed E-state index contributed by atoms with van der Waals surface area (Å²) in [6.07, 6.45) is 0.716. The van der Waals surface area contributed by atoms with Gasteiger partial charge in [0, 0.05) is 30.0 Å². The van der Waals surface area contributed by atoms with E-state index in [1.165, 1.54) is 6.07 Å². The van der Waals surface area contributed by atoms with Crippen molar-refractivity contribution >= 4 is 16.9 Å². The van der Waals surface area contributed by atoms with Gasteiger partial charge in [-0.25, -0.2) is 4.79 Å². The molecule has 2 aromatic carbocycles. The fourth-order valence-corrected chi connectivity index (χ4v) is 6.22. The first kappa shape index (κ1) is 24.9. The van der Waals surface area contributed by atoms with Crippen molar-refractivity contribution in [2.75, 3.05) is 0 Å². The van der Waals surface area contributed by atoms with Gasteiger partial charge in [-0.3, -0.25) is 4.79 Å². The fraction of sp³-hybridized carbons (Fsp3) is 0.448. The quantitative estimate of drug-likeness (QED) is 0.268. The monoisotopic (exact) mass is 520 g/mol. The van der Waals surface area contributed by atoms with Crippen molar-refractivity contribution in [2.24, 2.45) is 11.5 Å². The standard InChI is InChI=1S/C29H32N2O7/c1-14-10-18(32)23-19(35-14)13-20-22(24(23)33)17-8-5-9-29(27(34)36-25(17)28(2,3)37-20)21(38-29)12-15-6-4-7-16(11-15)26(30)31/h4,6-7,10-11,13,17,21,25-26,33H,5,8-9,12,30-31H2,1-3H3/t17-,21-,25-,29-/m1/s1. The molecule has 3 aromatic rings. The number of phenols is 1. The van der Waals surface area contributed by atoms with E-state index in [0.29, 0.717) is 42.8 Å². The van der Waals surface area contributed by atoms with Gasteiger partial charge in [0.2, 0.25) is 0 Å². The Bertz CT molecular complexity index is 1510. The molecule has 3 aliphatic rings. The number of fused-ring (bicyclic) bond motifs is 4. The summed E-state index contributed by atoms with van der Waals surface area (Å²) in [6.45, 7) is 5.39. The summed E-state index contributed by atoms with van der Waals surface area (Å²) in [4.78, 5) is 26.3. The van der Waals surface area contributed by atoms with Crippen LogP contribution >= 0.6 is 0 Å². The number of ether oxygens (including phenoxy) is 3. The van der Waals surface area contributed by atoms with Crippen molar-refractivity contribution in [3.05, 3.63) is 69.1 Å². The summed E-state index contributed by atoms with van der Waals surface area (Å²) in [7, 11) is 0. The molecule has 4 atom stereocenters. The molecule has 0 aliphatic carbocycles. The predicted octanol–water partition coefficient (Wildman–Crippen LogP) is 3.45. The number of hydrogen-bond acceptors (Lipinski definition) is 9. The SMILES string of the molecule is Cc1cc(=O)c2c(O)c3c(cc2o1)OC(C)(C)[C@@H]1OC(=O)[C@]2(CCC[C@H]31)O[C@@H]2Cc1cccc(C(N)N)c1. The lowest BCUT2D eigenvalue weighted by molar-refractivity contribution is -0.173. The zero-order chi connectivity index (χ0) is 27.0. The summed E-state index contributed by atoms with van der Waals surface area (Å²) >= 11 is 0. The van der Waals surface area contributed by atoms with Crippen LogP contribution in [0.25, 0.3) is 11.0 Å². The van der Waals surface area contributed by atoms with Crippen LogP contribution in [0.5, 0.6) is 11.5 Å². The van der Waals surface area contributed by atoms with Gasteiger partial charge in [0.25, 0.3) is 0 Å². The average molecular weight is 521 g/mol. The predicted molar refractivity (Wildman–Crippen MR) is 139 cm³/mol. The van der Waals surface area contributed by atoms with Crippen LogP contribution in [-0.4, -0.2) is 34.5 Å². The minimum Gasteiger partial charge on any atom is -0.507 e. The molecule has 4 heterocycles. The number of aryl methyl sites for hydroxylation is 1.